The lowest BCUT2D eigenvalue weighted by Gasteiger charge is -2.05. The van der Waals surface area contributed by atoms with Crippen molar-refractivity contribution in [3.05, 3.63) is 71.7 Å². The van der Waals surface area contributed by atoms with Crippen molar-refractivity contribution in [1.29, 1.82) is 0 Å². The molecule has 0 atom stereocenters. The molecule has 2 aromatic carbocycles. The largest absolute Gasteiger partial charge is 0.456 e. The quantitative estimate of drug-likeness (QED) is 0.433. The lowest BCUT2D eigenvalue weighted by atomic mass is 10.1. The van der Waals surface area contributed by atoms with E-state index in [0.717, 1.165) is 4.47 Å². The molecule has 0 aliphatic rings. The van der Waals surface area contributed by atoms with Crippen LogP contribution < -0.4 is 5.43 Å². The number of fused-ring (bicyclic) bond motifs is 1. The van der Waals surface area contributed by atoms with Crippen molar-refractivity contribution in [3.63, 3.8) is 0 Å². The first-order valence-electron chi connectivity index (χ1n) is 6.13. The molecular weight excluding hydrogens is 418 g/mol. The summed E-state index contributed by atoms with van der Waals surface area (Å²) in [6.07, 6.45) is 0. The van der Waals surface area contributed by atoms with E-state index in [1.807, 2.05) is 0 Å². The number of benzene rings is 2. The van der Waals surface area contributed by atoms with Gasteiger partial charge in [-0.1, -0.05) is 28.1 Å². The van der Waals surface area contributed by atoms with E-state index >= 15 is 0 Å². The topological polar surface area (TPSA) is 73.3 Å². The van der Waals surface area contributed by atoms with Gasteiger partial charge in [0, 0.05) is 32.7 Å². The van der Waals surface area contributed by atoms with Gasteiger partial charge in [0.15, 0.2) is 5.43 Å². The molecule has 0 unspecified atom stereocenters. The van der Waals surface area contributed by atoms with E-state index in [1.165, 1.54) is 18.2 Å². The molecule has 0 saturated heterocycles. The van der Waals surface area contributed by atoms with E-state index in [2.05, 4.69) is 31.9 Å². The normalized spacial score (nSPS) is 10.8. The summed E-state index contributed by atoms with van der Waals surface area (Å²) in [7, 11) is 0. The van der Waals surface area contributed by atoms with Gasteiger partial charge in [-0.3, -0.25) is 14.9 Å². The molecule has 7 heteroatoms. The lowest BCUT2D eigenvalue weighted by Crippen LogP contribution is -2.01. The van der Waals surface area contributed by atoms with Crippen LogP contribution in [-0.2, 0) is 0 Å². The molecule has 3 aromatic rings. The smallest absolute Gasteiger partial charge is 0.270 e. The van der Waals surface area contributed by atoms with Crippen molar-refractivity contribution < 1.29 is 9.34 Å². The van der Waals surface area contributed by atoms with Crippen molar-refractivity contribution in [1.82, 2.24) is 0 Å². The molecular formula is C15H7Br2NO4. The van der Waals surface area contributed by atoms with Crippen LogP contribution in [-0.4, -0.2) is 4.92 Å². The van der Waals surface area contributed by atoms with Crippen molar-refractivity contribution in [2.75, 3.05) is 0 Å². The summed E-state index contributed by atoms with van der Waals surface area (Å²) < 4.78 is 7.12. The third-order valence-corrected chi connectivity index (χ3v) is 4.17. The summed E-state index contributed by atoms with van der Waals surface area (Å²) in [4.78, 5) is 22.6. The zero-order chi connectivity index (χ0) is 15.9. The molecule has 3 rings (SSSR count). The Morgan fingerprint density at radius 1 is 1.09 bits per heavy atom. The summed E-state index contributed by atoms with van der Waals surface area (Å²) in [5, 5.41) is 11.3. The second-order valence-corrected chi connectivity index (χ2v) is 6.31. The van der Waals surface area contributed by atoms with E-state index in [-0.39, 0.29) is 16.9 Å². The second-order valence-electron chi connectivity index (χ2n) is 4.54. The van der Waals surface area contributed by atoms with Crippen LogP contribution >= 0.6 is 31.9 Å². The van der Waals surface area contributed by atoms with Crippen LogP contribution in [0.4, 0.5) is 5.69 Å². The van der Waals surface area contributed by atoms with E-state index < -0.39 is 4.92 Å². The van der Waals surface area contributed by atoms with Gasteiger partial charge >= 0.3 is 0 Å². The van der Waals surface area contributed by atoms with Gasteiger partial charge in [-0.25, -0.2) is 0 Å². The summed E-state index contributed by atoms with van der Waals surface area (Å²) in [6, 6.07) is 10.7. The Hall–Kier alpha value is -1.99. The summed E-state index contributed by atoms with van der Waals surface area (Å²) in [5.74, 6) is 0.284. The van der Waals surface area contributed by atoms with Crippen molar-refractivity contribution in [2.45, 2.75) is 0 Å². The SMILES string of the molecule is O=c1cc(-c2cccc([N+](=O)[O-])c2)oc2cc(Br)cc(Br)c12. The number of hydrogen-bond acceptors (Lipinski definition) is 4. The van der Waals surface area contributed by atoms with Gasteiger partial charge in [0.05, 0.1) is 10.3 Å². The van der Waals surface area contributed by atoms with Crippen LogP contribution in [0.5, 0.6) is 0 Å². The molecule has 22 heavy (non-hydrogen) atoms. The van der Waals surface area contributed by atoms with E-state index in [9.17, 15) is 14.9 Å². The maximum Gasteiger partial charge on any atom is 0.270 e. The van der Waals surface area contributed by atoms with Gasteiger partial charge in [0.1, 0.15) is 11.3 Å². The predicted molar refractivity (Wildman–Crippen MR) is 90.0 cm³/mol. The molecule has 1 heterocycles. The summed E-state index contributed by atoms with van der Waals surface area (Å²) >= 11 is 6.67. The fourth-order valence-corrected chi connectivity index (χ4v) is 3.51. The van der Waals surface area contributed by atoms with Crippen LogP contribution in [0, 0.1) is 10.1 Å². The zero-order valence-corrected chi connectivity index (χ0v) is 14.0. The third-order valence-electron chi connectivity index (χ3n) is 3.09. The van der Waals surface area contributed by atoms with Gasteiger partial charge in [-0.15, -0.1) is 0 Å². The Bertz CT molecular complexity index is 965. The number of nitro groups is 1. The molecule has 0 N–H and O–H groups in total. The molecule has 110 valence electrons. The van der Waals surface area contributed by atoms with Crippen molar-refractivity contribution in [3.8, 4) is 11.3 Å². The predicted octanol–water partition coefficient (Wildman–Crippen LogP) is 4.89. The highest BCUT2D eigenvalue weighted by Gasteiger charge is 2.13. The molecule has 0 spiro atoms. The van der Waals surface area contributed by atoms with E-state index in [4.69, 9.17) is 4.42 Å². The lowest BCUT2D eigenvalue weighted by molar-refractivity contribution is -0.384. The molecule has 0 fully saturated rings. The second kappa shape index (κ2) is 5.66. The highest BCUT2D eigenvalue weighted by molar-refractivity contribution is 9.11. The molecule has 0 aliphatic heterocycles. The van der Waals surface area contributed by atoms with Gasteiger partial charge in [0.25, 0.3) is 5.69 Å². The number of rotatable bonds is 2. The van der Waals surface area contributed by atoms with Gasteiger partial charge in [-0.05, 0) is 28.1 Å². The van der Waals surface area contributed by atoms with Gasteiger partial charge < -0.3 is 4.42 Å². The minimum atomic E-state index is -0.490. The summed E-state index contributed by atoms with van der Waals surface area (Å²) in [5.41, 5.74) is 0.595. The fourth-order valence-electron chi connectivity index (χ4n) is 2.12. The Labute approximate surface area is 141 Å². The maximum absolute atomic E-state index is 12.3. The van der Waals surface area contributed by atoms with Crippen LogP contribution in [0.3, 0.4) is 0 Å². The Morgan fingerprint density at radius 2 is 1.86 bits per heavy atom. The maximum atomic E-state index is 12.3. The Kier molecular flexibility index (Phi) is 3.84. The van der Waals surface area contributed by atoms with Gasteiger partial charge in [0.2, 0.25) is 0 Å². The number of nitro benzene ring substituents is 1. The number of halogens is 2. The van der Waals surface area contributed by atoms with Crippen molar-refractivity contribution in [2.24, 2.45) is 0 Å². The van der Waals surface area contributed by atoms with E-state index in [1.54, 1.807) is 24.3 Å². The highest BCUT2D eigenvalue weighted by Crippen LogP contribution is 2.30. The first kappa shape index (κ1) is 14.9. The standard InChI is InChI=1S/C15H7Br2NO4/c16-9-5-11(17)15-12(19)7-13(22-14(15)6-9)8-2-1-3-10(4-8)18(20)21/h1-7H. The third kappa shape index (κ3) is 2.69. The first-order valence-corrected chi connectivity index (χ1v) is 7.72. The summed E-state index contributed by atoms with van der Waals surface area (Å²) in [6.45, 7) is 0. The Morgan fingerprint density at radius 3 is 2.59 bits per heavy atom. The van der Waals surface area contributed by atoms with Crippen LogP contribution in [0.15, 0.2) is 60.6 Å². The fraction of sp³-hybridized carbons (Fsp3) is 0. The van der Waals surface area contributed by atoms with E-state index in [0.29, 0.717) is 21.0 Å². The zero-order valence-electron chi connectivity index (χ0n) is 10.9. The monoisotopic (exact) mass is 423 g/mol. The molecule has 0 aliphatic carbocycles. The molecule has 0 radical (unpaired) electrons. The molecule has 5 nitrogen and oxygen atoms in total. The molecule has 0 saturated carbocycles. The number of hydrogen-bond donors (Lipinski definition) is 0. The molecule has 0 amide bonds. The van der Waals surface area contributed by atoms with Crippen LogP contribution in [0.25, 0.3) is 22.3 Å². The Balaban J connectivity index is 2.27. The number of non-ortho nitro benzene ring substituents is 1. The van der Waals surface area contributed by atoms with Crippen molar-refractivity contribution >= 4 is 48.5 Å². The van der Waals surface area contributed by atoms with Crippen LogP contribution in [0.2, 0.25) is 0 Å². The number of nitrogens with zero attached hydrogens (tertiary/aromatic N) is 1. The average molecular weight is 425 g/mol. The van der Waals surface area contributed by atoms with Crippen LogP contribution in [0.1, 0.15) is 0 Å². The minimum absolute atomic E-state index is 0.0596. The first-order chi connectivity index (χ1) is 10.5. The van der Waals surface area contributed by atoms with Gasteiger partial charge in [-0.2, -0.15) is 0 Å². The minimum Gasteiger partial charge on any atom is -0.456 e. The molecule has 1 aromatic heterocycles. The average Bonchev–Trinajstić information content (AvgIpc) is 2.46. The molecule has 0 bridgehead atoms. The highest BCUT2D eigenvalue weighted by atomic mass is 79.9.